The summed E-state index contributed by atoms with van der Waals surface area (Å²) in [7, 11) is -4.19. The molecule has 0 atom stereocenters. The molecule has 0 saturated carbocycles. The Morgan fingerprint density at radius 3 is 2.38 bits per heavy atom. The predicted molar refractivity (Wildman–Crippen MR) is 80.3 cm³/mol. The monoisotopic (exact) mass is 326 g/mol. The molecule has 0 aliphatic carbocycles. The standard InChI is InChI=1S/C12H18N2O5S.Na.H/c1-3-14(4-2)7-5-6-11(10-13)12(15)19-8-9-20(16,17)18;;/h5-7H,3-4,8-9H2,1-2H3,(H,16,17,18);;/b7-5+,11-6+;;. The van der Waals surface area contributed by atoms with E-state index in [1.54, 1.807) is 12.3 Å². The van der Waals surface area contributed by atoms with Crippen LogP contribution in [0.5, 0.6) is 0 Å². The molecule has 0 amide bonds. The van der Waals surface area contributed by atoms with Crippen LogP contribution < -0.4 is 0 Å². The second kappa shape index (κ2) is 11.8. The molecule has 0 fully saturated rings. The van der Waals surface area contributed by atoms with Crippen molar-refractivity contribution in [3.63, 3.8) is 0 Å². The zero-order valence-electron chi connectivity index (χ0n) is 11.4. The maximum atomic E-state index is 11.4. The van der Waals surface area contributed by atoms with Crippen LogP contribution in [0.15, 0.2) is 23.9 Å². The fraction of sp³-hybridized carbons (Fsp3) is 0.500. The van der Waals surface area contributed by atoms with Crippen molar-refractivity contribution >= 4 is 45.6 Å². The van der Waals surface area contributed by atoms with Crippen LogP contribution in [-0.4, -0.2) is 78.8 Å². The molecule has 0 aliphatic heterocycles. The molecule has 0 spiro atoms. The van der Waals surface area contributed by atoms with Crippen LogP contribution in [-0.2, 0) is 19.6 Å². The number of carbonyl (C=O) groups excluding carboxylic acids is 1. The van der Waals surface area contributed by atoms with Crippen LogP contribution in [0.1, 0.15) is 13.8 Å². The van der Waals surface area contributed by atoms with E-state index >= 15 is 0 Å². The Hall–Kier alpha value is -0.850. The summed E-state index contributed by atoms with van der Waals surface area (Å²) in [5.41, 5.74) is -0.247. The topological polar surface area (TPSA) is 108 Å². The van der Waals surface area contributed by atoms with Crippen molar-refractivity contribution in [1.29, 1.82) is 5.26 Å². The van der Waals surface area contributed by atoms with Gasteiger partial charge in [-0.1, -0.05) is 0 Å². The number of carbonyl (C=O) groups is 1. The summed E-state index contributed by atoms with van der Waals surface area (Å²) < 4.78 is 33.9. The van der Waals surface area contributed by atoms with Crippen LogP contribution in [0.4, 0.5) is 0 Å². The summed E-state index contributed by atoms with van der Waals surface area (Å²) in [6.07, 6.45) is 4.55. The van der Waals surface area contributed by atoms with Crippen LogP contribution in [0.3, 0.4) is 0 Å². The van der Waals surface area contributed by atoms with E-state index in [9.17, 15) is 13.2 Å². The molecule has 0 rings (SSSR count). The SMILES string of the molecule is CCN(/C=C/C=C(\C#N)C(=O)OCCS(=O)(=O)O)CC.[NaH]. The number of nitriles is 1. The summed E-state index contributed by atoms with van der Waals surface area (Å²) in [4.78, 5) is 13.4. The number of rotatable bonds is 8. The predicted octanol–water partition coefficient (Wildman–Crippen LogP) is 0.0744. The Kier molecular flexibility index (Phi) is 12.6. The Morgan fingerprint density at radius 2 is 1.95 bits per heavy atom. The average molecular weight is 326 g/mol. The van der Waals surface area contributed by atoms with Crippen LogP contribution in [0, 0.1) is 11.3 Å². The minimum atomic E-state index is -4.19. The Balaban J connectivity index is 0. The number of hydrogen-bond donors (Lipinski definition) is 1. The van der Waals surface area contributed by atoms with Gasteiger partial charge in [-0.05, 0) is 32.2 Å². The summed E-state index contributed by atoms with van der Waals surface area (Å²) >= 11 is 0. The second-order valence-electron chi connectivity index (χ2n) is 3.68. The first-order chi connectivity index (χ1) is 9.34. The number of hydrogen-bond acceptors (Lipinski definition) is 6. The first kappa shape index (κ1) is 22.4. The van der Waals surface area contributed by atoms with Crippen LogP contribution in [0.2, 0.25) is 0 Å². The fourth-order valence-corrected chi connectivity index (χ4v) is 1.46. The summed E-state index contributed by atoms with van der Waals surface area (Å²) in [5.74, 6) is -1.63. The molecule has 0 aromatic carbocycles. The first-order valence-corrected chi connectivity index (χ1v) is 7.59. The zero-order valence-corrected chi connectivity index (χ0v) is 12.3. The van der Waals surface area contributed by atoms with Crippen molar-refractivity contribution in [2.75, 3.05) is 25.4 Å². The van der Waals surface area contributed by atoms with Gasteiger partial charge in [0.05, 0.1) is 0 Å². The molecule has 0 aromatic rings. The average Bonchev–Trinajstić information content (AvgIpc) is 2.37. The van der Waals surface area contributed by atoms with Gasteiger partial charge in [0, 0.05) is 13.1 Å². The van der Waals surface area contributed by atoms with E-state index in [1.807, 2.05) is 18.7 Å². The van der Waals surface area contributed by atoms with Crippen LogP contribution >= 0.6 is 0 Å². The summed E-state index contributed by atoms with van der Waals surface area (Å²) in [6.45, 7) is 5.01. The molecule has 114 valence electrons. The van der Waals surface area contributed by atoms with E-state index in [-0.39, 0.29) is 35.1 Å². The van der Waals surface area contributed by atoms with E-state index in [2.05, 4.69) is 4.74 Å². The third-order valence-corrected chi connectivity index (χ3v) is 2.97. The molecule has 0 bridgehead atoms. The van der Waals surface area contributed by atoms with E-state index in [0.717, 1.165) is 13.1 Å². The van der Waals surface area contributed by atoms with E-state index in [1.165, 1.54) is 12.2 Å². The molecule has 0 aromatic heterocycles. The second-order valence-corrected chi connectivity index (χ2v) is 5.25. The molecule has 1 N–H and O–H groups in total. The molecule has 9 heteroatoms. The van der Waals surface area contributed by atoms with Gasteiger partial charge in [-0.15, -0.1) is 0 Å². The number of allylic oxidation sites excluding steroid dienone is 2. The van der Waals surface area contributed by atoms with Gasteiger partial charge >= 0.3 is 35.5 Å². The first-order valence-electron chi connectivity index (χ1n) is 5.99. The fourth-order valence-electron chi connectivity index (χ4n) is 1.16. The Morgan fingerprint density at radius 1 is 1.38 bits per heavy atom. The summed E-state index contributed by atoms with van der Waals surface area (Å²) in [5, 5.41) is 8.80. The van der Waals surface area contributed by atoms with Gasteiger partial charge in [-0.2, -0.15) is 13.7 Å². The molecule has 0 aliphatic rings. The van der Waals surface area contributed by atoms with Crippen molar-refractivity contribution in [2.45, 2.75) is 13.8 Å². The molecule has 0 unspecified atom stereocenters. The maximum absolute atomic E-state index is 11.4. The molecule has 0 radical (unpaired) electrons. The third-order valence-electron chi connectivity index (χ3n) is 2.29. The summed E-state index contributed by atoms with van der Waals surface area (Å²) in [6, 6.07) is 1.66. The van der Waals surface area contributed by atoms with Gasteiger partial charge in [0.1, 0.15) is 24.0 Å². The van der Waals surface area contributed by atoms with Crippen molar-refractivity contribution in [1.82, 2.24) is 4.90 Å². The quantitative estimate of drug-likeness (QED) is 0.168. The van der Waals surface area contributed by atoms with Crippen molar-refractivity contribution in [3.8, 4) is 6.07 Å². The number of esters is 1. The Bertz CT molecular complexity index is 518. The molecule has 0 saturated heterocycles. The van der Waals surface area contributed by atoms with E-state index in [4.69, 9.17) is 9.81 Å². The molecule has 7 nitrogen and oxygen atoms in total. The molecule has 21 heavy (non-hydrogen) atoms. The molecule has 0 heterocycles. The van der Waals surface area contributed by atoms with E-state index in [0.29, 0.717) is 0 Å². The van der Waals surface area contributed by atoms with Crippen molar-refractivity contribution in [3.05, 3.63) is 23.9 Å². The van der Waals surface area contributed by atoms with Gasteiger partial charge < -0.3 is 9.64 Å². The van der Waals surface area contributed by atoms with Gasteiger partial charge in [0.25, 0.3) is 10.1 Å². The van der Waals surface area contributed by atoms with Crippen molar-refractivity contribution < 1.29 is 22.5 Å². The third kappa shape index (κ3) is 11.5. The molecular weight excluding hydrogens is 307 g/mol. The normalized spacial score (nSPS) is 11.6. The number of ether oxygens (including phenoxy) is 1. The number of nitrogens with zero attached hydrogens (tertiary/aromatic N) is 2. The van der Waals surface area contributed by atoms with Crippen LogP contribution in [0.25, 0.3) is 0 Å². The van der Waals surface area contributed by atoms with Gasteiger partial charge in [-0.3, -0.25) is 4.55 Å². The zero-order chi connectivity index (χ0) is 15.6. The molecular formula is C12H19N2NaO5S. The van der Waals surface area contributed by atoms with E-state index < -0.39 is 28.4 Å². The van der Waals surface area contributed by atoms with Crippen molar-refractivity contribution in [2.24, 2.45) is 0 Å². The Labute approximate surface area is 147 Å². The van der Waals surface area contributed by atoms with Gasteiger partial charge in [0.15, 0.2) is 0 Å². The van der Waals surface area contributed by atoms with Gasteiger partial charge in [-0.25, -0.2) is 4.79 Å². The van der Waals surface area contributed by atoms with Gasteiger partial charge in [0.2, 0.25) is 0 Å². The minimum absolute atomic E-state index is 0.